The zero-order chi connectivity index (χ0) is 23.0. The summed E-state index contributed by atoms with van der Waals surface area (Å²) >= 11 is 0. The van der Waals surface area contributed by atoms with Crippen LogP contribution in [-0.4, -0.2) is 59.7 Å². The fourth-order valence-corrected chi connectivity index (χ4v) is 5.43. The molecule has 174 valence electrons. The molecule has 8 nitrogen and oxygen atoms in total. The van der Waals surface area contributed by atoms with Crippen molar-refractivity contribution in [3.05, 3.63) is 66.3 Å². The second kappa shape index (κ2) is 8.74. The third-order valence-electron chi connectivity index (χ3n) is 7.24. The second-order valence-corrected chi connectivity index (χ2v) is 9.76. The Morgan fingerprint density at radius 3 is 2.76 bits per heavy atom. The number of pyridine rings is 1. The Labute approximate surface area is 195 Å². The lowest BCUT2D eigenvalue weighted by molar-refractivity contribution is -0.136. The van der Waals surface area contributed by atoms with Crippen LogP contribution in [0.4, 0.5) is 0 Å². The number of likely N-dealkylation sites (tertiary alicyclic amines) is 2. The molecule has 0 aliphatic carbocycles. The standard InChI is InChI=1S/C25H33N7O/c1-4-32-14-21(11-28-32)12-29-15-22(23-16-31(18-27-23)19(2)3)25(17-29)7-9-30(24(25)33)13-20-6-5-8-26-10-20/h5-6,8,10-11,14,16,18-19,22H,4,7,9,12-13,15,17H2,1-3H3/t22-,25-/m1/s1. The van der Waals surface area contributed by atoms with Gasteiger partial charge in [-0.2, -0.15) is 5.10 Å². The number of carbonyl (C=O) groups excluding carboxylic acids is 1. The first-order valence-electron chi connectivity index (χ1n) is 11.9. The Morgan fingerprint density at radius 2 is 2.06 bits per heavy atom. The van der Waals surface area contributed by atoms with E-state index in [4.69, 9.17) is 4.98 Å². The summed E-state index contributed by atoms with van der Waals surface area (Å²) in [7, 11) is 0. The van der Waals surface area contributed by atoms with Gasteiger partial charge in [0.15, 0.2) is 0 Å². The lowest BCUT2D eigenvalue weighted by Gasteiger charge is -2.28. The minimum absolute atomic E-state index is 0.0881. The van der Waals surface area contributed by atoms with E-state index < -0.39 is 5.41 Å². The molecule has 5 heterocycles. The molecule has 8 heteroatoms. The number of imidazole rings is 1. The van der Waals surface area contributed by atoms with Gasteiger partial charge in [-0.3, -0.25) is 19.4 Å². The SMILES string of the molecule is CCn1cc(CN2C[C@H](c3cn(C(C)C)cn3)[C@@]3(CCN(Cc4cccnc4)C3=O)C2)cn1. The summed E-state index contributed by atoms with van der Waals surface area (Å²) in [6.45, 7) is 11.1. The van der Waals surface area contributed by atoms with Crippen LogP contribution in [0.5, 0.6) is 0 Å². The van der Waals surface area contributed by atoms with Crippen LogP contribution >= 0.6 is 0 Å². The predicted molar refractivity (Wildman–Crippen MR) is 125 cm³/mol. The van der Waals surface area contributed by atoms with Gasteiger partial charge in [-0.25, -0.2) is 4.98 Å². The van der Waals surface area contributed by atoms with E-state index in [0.29, 0.717) is 12.6 Å². The van der Waals surface area contributed by atoms with Crippen LogP contribution in [0.1, 0.15) is 56.0 Å². The van der Waals surface area contributed by atoms with Crippen molar-refractivity contribution >= 4 is 5.91 Å². The van der Waals surface area contributed by atoms with Gasteiger partial charge in [0.1, 0.15) is 0 Å². The average Bonchev–Trinajstić information content (AvgIpc) is 3.59. The number of hydrogen-bond acceptors (Lipinski definition) is 5. The van der Waals surface area contributed by atoms with Crippen molar-refractivity contribution in [3.63, 3.8) is 0 Å². The van der Waals surface area contributed by atoms with Gasteiger partial charge < -0.3 is 9.47 Å². The van der Waals surface area contributed by atoms with E-state index >= 15 is 0 Å². The summed E-state index contributed by atoms with van der Waals surface area (Å²) in [5.41, 5.74) is 2.87. The van der Waals surface area contributed by atoms with Gasteiger partial charge in [0.25, 0.3) is 0 Å². The number of rotatable bonds is 7. The monoisotopic (exact) mass is 447 g/mol. The predicted octanol–water partition coefficient (Wildman–Crippen LogP) is 3.09. The molecular weight excluding hydrogens is 414 g/mol. The molecule has 3 aromatic rings. The summed E-state index contributed by atoms with van der Waals surface area (Å²) in [4.78, 5) is 27.4. The maximum Gasteiger partial charge on any atom is 0.231 e. The maximum absolute atomic E-state index is 13.9. The van der Waals surface area contributed by atoms with Gasteiger partial charge in [0, 0.05) is 81.6 Å². The topological polar surface area (TPSA) is 72.1 Å². The fraction of sp³-hybridized carbons (Fsp3) is 0.520. The Bertz CT molecular complexity index is 1100. The normalized spacial score (nSPS) is 23.5. The molecule has 0 saturated carbocycles. The van der Waals surface area contributed by atoms with Crippen molar-refractivity contribution in [2.24, 2.45) is 5.41 Å². The first-order valence-corrected chi connectivity index (χ1v) is 11.9. The van der Waals surface area contributed by atoms with Crippen LogP contribution in [0.2, 0.25) is 0 Å². The molecule has 3 aromatic heterocycles. The average molecular weight is 448 g/mol. The highest BCUT2D eigenvalue weighted by atomic mass is 16.2. The van der Waals surface area contributed by atoms with Crippen molar-refractivity contribution in [2.45, 2.75) is 58.8 Å². The third kappa shape index (κ3) is 4.08. The quantitative estimate of drug-likeness (QED) is 0.557. The molecule has 0 N–H and O–H groups in total. The van der Waals surface area contributed by atoms with Crippen molar-refractivity contribution in [3.8, 4) is 0 Å². The summed E-state index contributed by atoms with van der Waals surface area (Å²) in [6, 6.07) is 4.32. The third-order valence-corrected chi connectivity index (χ3v) is 7.24. The van der Waals surface area contributed by atoms with Gasteiger partial charge in [-0.15, -0.1) is 0 Å². The molecule has 2 atom stereocenters. The zero-order valence-electron chi connectivity index (χ0n) is 19.8. The summed E-state index contributed by atoms with van der Waals surface area (Å²) in [5, 5.41) is 4.43. The lowest BCUT2D eigenvalue weighted by Crippen LogP contribution is -2.39. The Hall–Kier alpha value is -3.00. The molecule has 2 aliphatic heterocycles. The zero-order valence-corrected chi connectivity index (χ0v) is 19.8. The van der Waals surface area contributed by atoms with E-state index in [0.717, 1.165) is 50.4 Å². The van der Waals surface area contributed by atoms with E-state index in [1.807, 2.05) is 40.4 Å². The number of aryl methyl sites for hydroxylation is 1. The van der Waals surface area contributed by atoms with Gasteiger partial charge in [0.2, 0.25) is 5.91 Å². The molecule has 0 radical (unpaired) electrons. The van der Waals surface area contributed by atoms with Crippen LogP contribution in [-0.2, 0) is 24.4 Å². The van der Waals surface area contributed by atoms with Gasteiger partial charge in [0.05, 0.1) is 23.6 Å². The van der Waals surface area contributed by atoms with E-state index in [1.165, 1.54) is 5.56 Å². The Kier molecular flexibility index (Phi) is 5.78. The summed E-state index contributed by atoms with van der Waals surface area (Å²) in [5.74, 6) is 0.340. The van der Waals surface area contributed by atoms with Crippen LogP contribution in [0, 0.1) is 5.41 Å². The van der Waals surface area contributed by atoms with E-state index in [1.54, 1.807) is 6.20 Å². The van der Waals surface area contributed by atoms with Crippen molar-refractivity contribution in [2.75, 3.05) is 19.6 Å². The second-order valence-electron chi connectivity index (χ2n) is 9.76. The number of aromatic nitrogens is 5. The molecule has 1 spiro atoms. The molecule has 5 rings (SSSR count). The minimum Gasteiger partial charge on any atom is -0.338 e. The Balaban J connectivity index is 1.42. The number of carbonyl (C=O) groups is 1. The number of nitrogens with zero attached hydrogens (tertiary/aromatic N) is 7. The first-order chi connectivity index (χ1) is 16.0. The van der Waals surface area contributed by atoms with Gasteiger partial charge in [-0.1, -0.05) is 6.07 Å². The molecule has 2 fully saturated rings. The molecule has 2 saturated heterocycles. The molecule has 0 aromatic carbocycles. The minimum atomic E-state index is -0.431. The lowest BCUT2D eigenvalue weighted by atomic mass is 9.75. The highest BCUT2D eigenvalue weighted by molar-refractivity contribution is 5.86. The van der Waals surface area contributed by atoms with Crippen LogP contribution < -0.4 is 0 Å². The highest BCUT2D eigenvalue weighted by Gasteiger charge is 2.57. The van der Waals surface area contributed by atoms with Gasteiger partial charge >= 0.3 is 0 Å². The Morgan fingerprint density at radius 1 is 1.18 bits per heavy atom. The highest BCUT2D eigenvalue weighted by Crippen LogP contribution is 2.50. The molecule has 0 unspecified atom stereocenters. The molecule has 33 heavy (non-hydrogen) atoms. The van der Waals surface area contributed by atoms with E-state index in [2.05, 4.69) is 52.7 Å². The molecular formula is C25H33N7O. The number of hydrogen-bond donors (Lipinski definition) is 0. The molecule has 0 bridgehead atoms. The largest absolute Gasteiger partial charge is 0.338 e. The smallest absolute Gasteiger partial charge is 0.231 e. The summed E-state index contributed by atoms with van der Waals surface area (Å²) < 4.78 is 4.10. The van der Waals surface area contributed by atoms with Crippen molar-refractivity contribution < 1.29 is 4.79 Å². The van der Waals surface area contributed by atoms with Crippen molar-refractivity contribution in [1.29, 1.82) is 0 Å². The maximum atomic E-state index is 13.9. The number of amides is 1. The first kappa shape index (κ1) is 21.8. The molecule has 1 amide bonds. The fourth-order valence-electron chi connectivity index (χ4n) is 5.43. The van der Waals surface area contributed by atoms with Crippen LogP contribution in [0.25, 0.3) is 0 Å². The molecule has 2 aliphatic rings. The van der Waals surface area contributed by atoms with Crippen molar-refractivity contribution in [1.82, 2.24) is 34.1 Å². The van der Waals surface area contributed by atoms with E-state index in [9.17, 15) is 4.79 Å². The summed E-state index contributed by atoms with van der Waals surface area (Å²) in [6.07, 6.45) is 12.6. The van der Waals surface area contributed by atoms with Crippen LogP contribution in [0.3, 0.4) is 0 Å². The van der Waals surface area contributed by atoms with Crippen LogP contribution in [0.15, 0.2) is 49.4 Å². The van der Waals surface area contributed by atoms with Gasteiger partial charge in [-0.05, 0) is 38.8 Å². The van der Waals surface area contributed by atoms with E-state index in [-0.39, 0.29) is 11.8 Å².